The van der Waals surface area contributed by atoms with Gasteiger partial charge < -0.3 is 14.7 Å². The van der Waals surface area contributed by atoms with E-state index < -0.39 is 0 Å². The molecule has 0 unspecified atom stereocenters. The van der Waals surface area contributed by atoms with Crippen molar-refractivity contribution in [1.82, 2.24) is 10.5 Å². The van der Waals surface area contributed by atoms with Gasteiger partial charge in [-0.25, -0.2) is 0 Å². The van der Waals surface area contributed by atoms with Crippen LogP contribution >= 0.6 is 0 Å². The Kier molecular flexibility index (Phi) is 3.25. The Bertz CT molecular complexity index is 571. The van der Waals surface area contributed by atoms with Gasteiger partial charge in [0.25, 0.3) is 0 Å². The number of nitrogens with one attached hydrogen (secondary N) is 1. The van der Waals surface area contributed by atoms with Gasteiger partial charge in [0, 0.05) is 37.8 Å². The van der Waals surface area contributed by atoms with E-state index in [1.54, 1.807) is 0 Å². The average molecular weight is 257 g/mol. The SMILES string of the molecule is Cc1ccc(-c2cc(N3CCNCC3)on2)c(C)c1. The maximum absolute atomic E-state index is 5.49. The predicted octanol–water partition coefficient (Wildman–Crippen LogP) is 2.37. The number of benzene rings is 1. The van der Waals surface area contributed by atoms with Gasteiger partial charge in [-0.15, -0.1) is 0 Å². The van der Waals surface area contributed by atoms with Crippen molar-refractivity contribution in [2.45, 2.75) is 13.8 Å². The van der Waals surface area contributed by atoms with Gasteiger partial charge in [-0.1, -0.05) is 28.9 Å². The van der Waals surface area contributed by atoms with Crippen LogP contribution in [-0.4, -0.2) is 31.3 Å². The molecule has 1 saturated heterocycles. The fraction of sp³-hybridized carbons (Fsp3) is 0.400. The zero-order valence-electron chi connectivity index (χ0n) is 11.4. The van der Waals surface area contributed by atoms with Crippen LogP contribution in [0.5, 0.6) is 0 Å². The Morgan fingerprint density at radius 2 is 1.95 bits per heavy atom. The summed E-state index contributed by atoms with van der Waals surface area (Å²) in [6.45, 7) is 8.16. The highest BCUT2D eigenvalue weighted by Gasteiger charge is 2.16. The smallest absolute Gasteiger partial charge is 0.227 e. The van der Waals surface area contributed by atoms with Crippen molar-refractivity contribution in [3.63, 3.8) is 0 Å². The number of aryl methyl sites for hydroxylation is 2. The molecule has 3 rings (SSSR count). The summed E-state index contributed by atoms with van der Waals surface area (Å²) in [5.41, 5.74) is 4.58. The zero-order valence-corrected chi connectivity index (χ0v) is 11.4. The van der Waals surface area contributed by atoms with E-state index in [-0.39, 0.29) is 0 Å². The number of hydrogen-bond acceptors (Lipinski definition) is 4. The van der Waals surface area contributed by atoms with Crippen molar-refractivity contribution in [2.24, 2.45) is 0 Å². The van der Waals surface area contributed by atoms with Crippen molar-refractivity contribution < 1.29 is 4.52 Å². The Hall–Kier alpha value is -1.81. The molecule has 0 amide bonds. The lowest BCUT2D eigenvalue weighted by molar-refractivity contribution is 0.409. The van der Waals surface area contributed by atoms with Crippen LogP contribution in [0.15, 0.2) is 28.8 Å². The molecule has 0 atom stereocenters. The second-order valence-corrected chi connectivity index (χ2v) is 5.11. The molecule has 0 aliphatic carbocycles. The molecule has 1 aromatic heterocycles. The van der Waals surface area contributed by atoms with E-state index in [1.165, 1.54) is 11.1 Å². The first-order chi connectivity index (χ1) is 9.24. The fourth-order valence-corrected chi connectivity index (χ4v) is 2.53. The number of aromatic nitrogens is 1. The van der Waals surface area contributed by atoms with Crippen LogP contribution in [0.4, 0.5) is 5.88 Å². The van der Waals surface area contributed by atoms with Crippen LogP contribution in [0.3, 0.4) is 0 Å². The highest BCUT2D eigenvalue weighted by Crippen LogP contribution is 2.27. The van der Waals surface area contributed by atoms with Gasteiger partial charge in [0.1, 0.15) is 5.69 Å². The van der Waals surface area contributed by atoms with Gasteiger partial charge in [-0.2, -0.15) is 0 Å². The highest BCUT2D eigenvalue weighted by atomic mass is 16.5. The summed E-state index contributed by atoms with van der Waals surface area (Å²) in [6.07, 6.45) is 0. The molecule has 2 heterocycles. The minimum absolute atomic E-state index is 0.872. The van der Waals surface area contributed by atoms with Gasteiger partial charge in [0.15, 0.2) is 0 Å². The van der Waals surface area contributed by atoms with E-state index in [2.05, 4.69) is 47.4 Å². The normalized spacial score (nSPS) is 15.8. The molecule has 1 aliphatic rings. The van der Waals surface area contributed by atoms with Gasteiger partial charge in [0.2, 0.25) is 5.88 Å². The van der Waals surface area contributed by atoms with Crippen molar-refractivity contribution in [3.05, 3.63) is 35.4 Å². The van der Waals surface area contributed by atoms with E-state index in [0.29, 0.717) is 0 Å². The second-order valence-electron chi connectivity index (χ2n) is 5.11. The monoisotopic (exact) mass is 257 g/mol. The van der Waals surface area contributed by atoms with Crippen LogP contribution in [0.25, 0.3) is 11.3 Å². The highest BCUT2D eigenvalue weighted by molar-refractivity contribution is 5.66. The topological polar surface area (TPSA) is 41.3 Å². The van der Waals surface area contributed by atoms with Gasteiger partial charge >= 0.3 is 0 Å². The lowest BCUT2D eigenvalue weighted by Crippen LogP contribution is -2.43. The van der Waals surface area contributed by atoms with E-state index >= 15 is 0 Å². The summed E-state index contributed by atoms with van der Waals surface area (Å²) in [5, 5.41) is 7.55. The van der Waals surface area contributed by atoms with Gasteiger partial charge in [-0.05, 0) is 19.4 Å². The molecule has 4 heteroatoms. The van der Waals surface area contributed by atoms with Crippen LogP contribution < -0.4 is 10.2 Å². The first-order valence-corrected chi connectivity index (χ1v) is 6.74. The van der Waals surface area contributed by atoms with Crippen LogP contribution in [0, 0.1) is 13.8 Å². The molecular weight excluding hydrogens is 238 g/mol. The van der Waals surface area contributed by atoms with Crippen LogP contribution in [0.2, 0.25) is 0 Å². The second kappa shape index (κ2) is 5.05. The Labute approximate surface area is 113 Å². The zero-order chi connectivity index (χ0) is 13.2. The molecule has 100 valence electrons. The predicted molar refractivity (Wildman–Crippen MR) is 76.5 cm³/mol. The summed E-state index contributed by atoms with van der Waals surface area (Å²) in [5.74, 6) is 0.872. The Balaban J connectivity index is 1.87. The number of rotatable bonds is 2. The average Bonchev–Trinajstić information content (AvgIpc) is 2.89. The maximum atomic E-state index is 5.49. The molecule has 1 aliphatic heterocycles. The van der Waals surface area contributed by atoms with Crippen molar-refractivity contribution in [2.75, 3.05) is 31.1 Å². The Morgan fingerprint density at radius 1 is 1.16 bits per heavy atom. The van der Waals surface area contributed by atoms with Crippen molar-refractivity contribution >= 4 is 5.88 Å². The maximum Gasteiger partial charge on any atom is 0.227 e. The molecule has 0 bridgehead atoms. The third-order valence-electron chi connectivity index (χ3n) is 3.58. The molecular formula is C15H19N3O. The van der Waals surface area contributed by atoms with Crippen LogP contribution in [0.1, 0.15) is 11.1 Å². The minimum atomic E-state index is 0.872. The number of hydrogen-bond donors (Lipinski definition) is 1. The molecule has 1 fully saturated rings. The molecule has 0 spiro atoms. The van der Waals surface area contributed by atoms with Crippen molar-refractivity contribution in [3.8, 4) is 11.3 Å². The fourth-order valence-electron chi connectivity index (χ4n) is 2.53. The molecule has 0 saturated carbocycles. The number of anilines is 1. The molecule has 4 nitrogen and oxygen atoms in total. The van der Waals surface area contributed by atoms with Crippen molar-refractivity contribution in [1.29, 1.82) is 0 Å². The quantitative estimate of drug-likeness (QED) is 0.896. The molecule has 0 radical (unpaired) electrons. The largest absolute Gasteiger partial charge is 0.338 e. The molecule has 19 heavy (non-hydrogen) atoms. The number of piperazine rings is 1. The van der Waals surface area contributed by atoms with Gasteiger partial charge in [-0.3, -0.25) is 0 Å². The lowest BCUT2D eigenvalue weighted by atomic mass is 10.0. The standard InChI is InChI=1S/C15H19N3O/c1-11-3-4-13(12(2)9-11)14-10-15(19-17-14)18-7-5-16-6-8-18/h3-4,9-10,16H,5-8H2,1-2H3. The first kappa shape index (κ1) is 12.2. The molecule has 1 N–H and O–H groups in total. The van der Waals surface area contributed by atoms with Gasteiger partial charge in [0.05, 0.1) is 0 Å². The third kappa shape index (κ3) is 2.49. The summed E-state index contributed by atoms with van der Waals surface area (Å²) in [4.78, 5) is 2.23. The van der Waals surface area contributed by atoms with Crippen LogP contribution in [-0.2, 0) is 0 Å². The summed E-state index contributed by atoms with van der Waals surface area (Å²) < 4.78 is 5.49. The molecule has 1 aromatic carbocycles. The van der Waals surface area contributed by atoms with E-state index in [1.807, 2.05) is 6.07 Å². The van der Waals surface area contributed by atoms with E-state index in [4.69, 9.17) is 4.52 Å². The first-order valence-electron chi connectivity index (χ1n) is 6.74. The molecule has 2 aromatic rings. The summed E-state index contributed by atoms with van der Waals surface area (Å²) in [6, 6.07) is 8.45. The lowest BCUT2D eigenvalue weighted by Gasteiger charge is -2.25. The van der Waals surface area contributed by atoms with E-state index in [0.717, 1.165) is 43.3 Å². The minimum Gasteiger partial charge on any atom is -0.338 e. The Morgan fingerprint density at radius 3 is 2.68 bits per heavy atom. The van der Waals surface area contributed by atoms with E-state index in [9.17, 15) is 0 Å². The summed E-state index contributed by atoms with van der Waals surface area (Å²) in [7, 11) is 0. The summed E-state index contributed by atoms with van der Waals surface area (Å²) >= 11 is 0. The third-order valence-corrected chi connectivity index (χ3v) is 3.58. The number of nitrogens with zero attached hydrogens (tertiary/aromatic N) is 2.